The number of carbonyl (C=O) groups excluding carboxylic acids is 1. The first-order valence-corrected chi connectivity index (χ1v) is 9.07. The molecule has 0 spiro atoms. The molecule has 0 atom stereocenters. The summed E-state index contributed by atoms with van der Waals surface area (Å²) in [5.41, 5.74) is 0.635. The quantitative estimate of drug-likeness (QED) is 0.383. The predicted molar refractivity (Wildman–Crippen MR) is 107 cm³/mol. The summed E-state index contributed by atoms with van der Waals surface area (Å²) < 4.78 is 40.5. The molecule has 0 aliphatic heterocycles. The molecule has 2 rings (SSSR count). The molecular weight excluding hydrogens is 402 g/mol. The van der Waals surface area contributed by atoms with Crippen LogP contribution in [0.15, 0.2) is 46.9 Å². The van der Waals surface area contributed by atoms with Gasteiger partial charge in [0.1, 0.15) is 17.4 Å². The highest BCUT2D eigenvalue weighted by Crippen LogP contribution is 2.35. The molecule has 0 bridgehead atoms. The average molecular weight is 420 g/mol. The lowest BCUT2D eigenvalue weighted by atomic mass is 10.1. The first kappa shape index (κ1) is 22.0. The van der Waals surface area contributed by atoms with E-state index in [-0.39, 0.29) is 5.57 Å². The van der Waals surface area contributed by atoms with E-state index in [1.165, 1.54) is 51.7 Å². The van der Waals surface area contributed by atoms with E-state index in [9.17, 15) is 18.8 Å². The van der Waals surface area contributed by atoms with Gasteiger partial charge in [-0.2, -0.15) is 14.0 Å². The van der Waals surface area contributed by atoms with Gasteiger partial charge in [0.05, 0.1) is 21.3 Å². The van der Waals surface area contributed by atoms with Crippen molar-refractivity contribution in [3.05, 3.63) is 47.5 Å². The van der Waals surface area contributed by atoms with E-state index < -0.39 is 11.7 Å². The van der Waals surface area contributed by atoms with Crippen LogP contribution >= 0.6 is 11.8 Å². The van der Waals surface area contributed by atoms with Crippen molar-refractivity contribution in [3.63, 3.8) is 0 Å². The molecule has 0 aliphatic carbocycles. The summed E-state index contributed by atoms with van der Waals surface area (Å²) in [7, 11) is 4.39. The summed E-state index contributed by atoms with van der Waals surface area (Å²) in [6.07, 6.45) is 1.36. The summed E-state index contributed by atoms with van der Waals surface area (Å²) in [4.78, 5) is 12.8. The van der Waals surface area contributed by atoms with Crippen molar-refractivity contribution in [1.29, 1.82) is 5.26 Å². The largest absolute Gasteiger partial charge is 0.496 e. The number of methoxy groups -OCH3 is 3. The Morgan fingerprint density at radius 3 is 2.17 bits per heavy atom. The van der Waals surface area contributed by atoms with Gasteiger partial charge in [-0.05, 0) is 36.4 Å². The maximum atomic E-state index is 12.5. The number of carbonyl (C=O) groups is 1. The zero-order valence-electron chi connectivity index (χ0n) is 15.9. The Labute approximate surface area is 171 Å². The standard InChI is InChI=1S/C20H18F2N2O4S/c1-26-16-10-18(28-3)17(27-2)9-12(16)8-13(11-23)19(25)24-14-4-6-15(7-5-14)29-20(21)22/h4-10,20H,1-3H3,(H,24,25)/b13-8+. The predicted octanol–water partition coefficient (Wildman–Crippen LogP) is 4.57. The third-order valence-electron chi connectivity index (χ3n) is 3.74. The normalized spacial score (nSPS) is 11.0. The van der Waals surface area contributed by atoms with Crippen molar-refractivity contribution in [2.45, 2.75) is 10.7 Å². The van der Waals surface area contributed by atoms with Gasteiger partial charge >= 0.3 is 0 Å². The monoisotopic (exact) mass is 420 g/mol. The van der Waals surface area contributed by atoms with Crippen LogP contribution in [-0.2, 0) is 4.79 Å². The minimum absolute atomic E-state index is 0.179. The summed E-state index contributed by atoms with van der Waals surface area (Å²) in [6, 6.07) is 10.9. The number of rotatable bonds is 8. The number of amides is 1. The maximum Gasteiger partial charge on any atom is 0.288 e. The molecule has 0 saturated carbocycles. The number of ether oxygens (including phenoxy) is 3. The molecule has 6 nitrogen and oxygen atoms in total. The fourth-order valence-electron chi connectivity index (χ4n) is 2.39. The average Bonchev–Trinajstić information content (AvgIpc) is 2.72. The number of thioether (sulfide) groups is 1. The number of alkyl halides is 2. The highest BCUT2D eigenvalue weighted by Gasteiger charge is 2.15. The molecule has 1 N–H and O–H groups in total. The lowest BCUT2D eigenvalue weighted by molar-refractivity contribution is -0.112. The van der Waals surface area contributed by atoms with Crippen LogP contribution in [0.4, 0.5) is 14.5 Å². The van der Waals surface area contributed by atoms with E-state index >= 15 is 0 Å². The van der Waals surface area contributed by atoms with Crippen molar-refractivity contribution in [2.24, 2.45) is 0 Å². The smallest absolute Gasteiger partial charge is 0.288 e. The first-order valence-electron chi connectivity index (χ1n) is 8.19. The van der Waals surface area contributed by atoms with E-state index in [1.54, 1.807) is 12.1 Å². The number of hydrogen-bond acceptors (Lipinski definition) is 6. The fourth-order valence-corrected chi connectivity index (χ4v) is 2.89. The second kappa shape index (κ2) is 10.3. The summed E-state index contributed by atoms with van der Waals surface area (Å²) in [5, 5.41) is 12.0. The highest BCUT2D eigenvalue weighted by atomic mass is 32.2. The Kier molecular flexibility index (Phi) is 7.86. The molecule has 0 radical (unpaired) electrons. The van der Waals surface area contributed by atoms with Gasteiger partial charge in [0.15, 0.2) is 11.5 Å². The molecule has 0 aliphatic rings. The fraction of sp³-hybridized carbons (Fsp3) is 0.200. The molecule has 0 fully saturated rings. The Hall–Kier alpha value is -3.25. The molecule has 0 aromatic heterocycles. The number of nitriles is 1. The molecule has 9 heteroatoms. The van der Waals surface area contributed by atoms with Crippen LogP contribution in [0.1, 0.15) is 5.56 Å². The molecule has 29 heavy (non-hydrogen) atoms. The Bertz CT molecular complexity index is 941. The van der Waals surface area contributed by atoms with E-state index in [0.29, 0.717) is 45.2 Å². The minimum atomic E-state index is -2.53. The van der Waals surface area contributed by atoms with E-state index in [0.717, 1.165) is 0 Å². The van der Waals surface area contributed by atoms with Crippen LogP contribution in [0.2, 0.25) is 0 Å². The second-order valence-electron chi connectivity index (χ2n) is 5.48. The van der Waals surface area contributed by atoms with Crippen LogP contribution in [-0.4, -0.2) is 33.0 Å². The summed E-state index contributed by atoms with van der Waals surface area (Å²) >= 11 is 0.403. The summed E-state index contributed by atoms with van der Waals surface area (Å²) in [6.45, 7) is 0. The molecule has 0 saturated heterocycles. The number of benzene rings is 2. The zero-order chi connectivity index (χ0) is 21.4. The van der Waals surface area contributed by atoms with Gasteiger partial charge in [0.2, 0.25) is 0 Å². The molecule has 0 heterocycles. The summed E-state index contributed by atoms with van der Waals surface area (Å²) in [5.74, 6) is -1.95. The lowest BCUT2D eigenvalue weighted by Gasteiger charge is -2.12. The van der Waals surface area contributed by atoms with Crippen molar-refractivity contribution in [2.75, 3.05) is 26.6 Å². The van der Waals surface area contributed by atoms with Gasteiger partial charge in [0, 0.05) is 22.2 Å². The lowest BCUT2D eigenvalue weighted by Crippen LogP contribution is -2.13. The van der Waals surface area contributed by atoms with Crippen LogP contribution in [0.25, 0.3) is 6.08 Å². The van der Waals surface area contributed by atoms with Gasteiger partial charge in [0.25, 0.3) is 11.7 Å². The van der Waals surface area contributed by atoms with Crippen molar-refractivity contribution in [3.8, 4) is 23.3 Å². The van der Waals surface area contributed by atoms with E-state index in [4.69, 9.17) is 14.2 Å². The molecule has 2 aromatic carbocycles. The Morgan fingerprint density at radius 1 is 1.07 bits per heavy atom. The van der Waals surface area contributed by atoms with E-state index in [1.807, 2.05) is 6.07 Å². The van der Waals surface area contributed by atoms with E-state index in [2.05, 4.69) is 5.32 Å². The molecule has 1 amide bonds. The second-order valence-corrected chi connectivity index (χ2v) is 6.54. The maximum absolute atomic E-state index is 12.5. The highest BCUT2D eigenvalue weighted by molar-refractivity contribution is 7.99. The Balaban J connectivity index is 2.27. The first-order chi connectivity index (χ1) is 13.9. The van der Waals surface area contributed by atoms with Gasteiger partial charge in [-0.1, -0.05) is 11.8 Å². The SMILES string of the molecule is COc1cc(OC)c(OC)cc1/C=C(\C#N)C(=O)Nc1ccc(SC(F)F)cc1. The number of hydrogen-bond donors (Lipinski definition) is 1. The number of nitrogens with zero attached hydrogens (tertiary/aromatic N) is 1. The number of halogens is 2. The topological polar surface area (TPSA) is 80.6 Å². The number of anilines is 1. The third kappa shape index (κ3) is 5.86. The van der Waals surface area contributed by atoms with Gasteiger partial charge < -0.3 is 19.5 Å². The van der Waals surface area contributed by atoms with Crippen molar-refractivity contribution < 1.29 is 27.8 Å². The minimum Gasteiger partial charge on any atom is -0.496 e. The molecule has 152 valence electrons. The Morgan fingerprint density at radius 2 is 1.66 bits per heavy atom. The van der Waals surface area contributed by atoms with Gasteiger partial charge in [-0.15, -0.1) is 0 Å². The third-order valence-corrected chi connectivity index (χ3v) is 4.46. The van der Waals surface area contributed by atoms with Crippen LogP contribution in [0.5, 0.6) is 17.2 Å². The zero-order valence-corrected chi connectivity index (χ0v) is 16.7. The van der Waals surface area contributed by atoms with Gasteiger partial charge in [-0.25, -0.2) is 0 Å². The molecule has 0 unspecified atom stereocenters. The van der Waals surface area contributed by atoms with Crippen LogP contribution in [0.3, 0.4) is 0 Å². The van der Waals surface area contributed by atoms with Crippen molar-refractivity contribution in [1.82, 2.24) is 0 Å². The molecule has 2 aromatic rings. The van der Waals surface area contributed by atoms with Gasteiger partial charge in [-0.3, -0.25) is 4.79 Å². The molecular formula is C20H18F2N2O4S. The van der Waals surface area contributed by atoms with Crippen LogP contribution < -0.4 is 19.5 Å². The van der Waals surface area contributed by atoms with Crippen LogP contribution in [0, 0.1) is 11.3 Å². The van der Waals surface area contributed by atoms with Crippen molar-refractivity contribution >= 4 is 29.4 Å². The number of nitrogens with one attached hydrogen (secondary N) is 1.